The molecule has 0 saturated carbocycles. The zero-order valence-corrected chi connectivity index (χ0v) is 7.78. The zero-order valence-electron chi connectivity index (χ0n) is 7.78. The monoisotopic (exact) mass is 169 g/mol. The third-order valence-electron chi connectivity index (χ3n) is 2.10. The van der Waals surface area contributed by atoms with Crippen LogP contribution in [0.2, 0.25) is 0 Å². The van der Waals surface area contributed by atoms with Gasteiger partial charge in [0.05, 0.1) is 6.04 Å². The van der Waals surface area contributed by atoms with Crippen LogP contribution in [0.5, 0.6) is 0 Å². The minimum Gasteiger partial charge on any atom is -0.294 e. The lowest BCUT2D eigenvalue weighted by atomic mass is 10.2. The van der Waals surface area contributed by atoms with E-state index in [2.05, 4.69) is 46.3 Å². The molecule has 0 radical (unpaired) electrons. The zero-order chi connectivity index (χ0) is 8.97. The molecule has 0 aliphatic carbocycles. The molecule has 0 aromatic carbocycles. The summed E-state index contributed by atoms with van der Waals surface area (Å²) in [7, 11) is 0. The van der Waals surface area contributed by atoms with Gasteiger partial charge in [0.2, 0.25) is 0 Å². The second kappa shape index (κ2) is 4.15. The molecule has 0 fully saturated rings. The highest BCUT2D eigenvalue weighted by Crippen LogP contribution is 2.13. The van der Waals surface area contributed by atoms with Crippen molar-refractivity contribution in [3.8, 4) is 0 Å². The van der Waals surface area contributed by atoms with Crippen molar-refractivity contribution in [3.63, 3.8) is 0 Å². The molecule has 1 unspecified atom stereocenters. The molecule has 68 valence electrons. The van der Waals surface area contributed by atoms with Gasteiger partial charge < -0.3 is 0 Å². The number of H-pyrrole nitrogens is 1. The maximum atomic E-state index is 3.94. The first kappa shape index (κ1) is 9.12. The van der Waals surface area contributed by atoms with Gasteiger partial charge in [-0.05, 0) is 20.0 Å². The Balaban J connectivity index is 2.63. The first-order valence-corrected chi connectivity index (χ1v) is 4.27. The van der Waals surface area contributed by atoms with Crippen molar-refractivity contribution in [1.82, 2.24) is 25.5 Å². The van der Waals surface area contributed by atoms with E-state index in [4.69, 9.17) is 0 Å². The molecule has 0 saturated heterocycles. The molecule has 0 amide bonds. The number of aromatic nitrogens is 4. The second-order valence-corrected chi connectivity index (χ2v) is 2.67. The predicted octanol–water partition coefficient (Wildman–Crippen LogP) is 0.602. The van der Waals surface area contributed by atoms with Gasteiger partial charge in [0.25, 0.3) is 0 Å². The Hall–Kier alpha value is -0.970. The number of aromatic amines is 1. The third kappa shape index (κ3) is 1.79. The average molecular weight is 169 g/mol. The summed E-state index contributed by atoms with van der Waals surface area (Å²) in [6.07, 6.45) is 0. The first-order chi connectivity index (χ1) is 5.79. The summed E-state index contributed by atoms with van der Waals surface area (Å²) >= 11 is 0. The molecule has 1 N–H and O–H groups in total. The van der Waals surface area contributed by atoms with Gasteiger partial charge >= 0.3 is 0 Å². The molecule has 1 aromatic rings. The van der Waals surface area contributed by atoms with Crippen LogP contribution in [0.25, 0.3) is 0 Å². The number of tetrazole rings is 1. The van der Waals surface area contributed by atoms with Gasteiger partial charge in [-0.1, -0.05) is 19.1 Å². The molecule has 1 atom stereocenters. The van der Waals surface area contributed by atoms with E-state index in [1.807, 2.05) is 0 Å². The molecule has 1 aromatic heterocycles. The van der Waals surface area contributed by atoms with Gasteiger partial charge in [-0.25, -0.2) is 0 Å². The van der Waals surface area contributed by atoms with E-state index in [-0.39, 0.29) is 6.04 Å². The van der Waals surface area contributed by atoms with Gasteiger partial charge in [0, 0.05) is 0 Å². The van der Waals surface area contributed by atoms with Crippen molar-refractivity contribution in [2.75, 3.05) is 13.1 Å². The highest BCUT2D eigenvalue weighted by molar-refractivity contribution is 4.86. The Morgan fingerprint density at radius 1 is 1.42 bits per heavy atom. The summed E-state index contributed by atoms with van der Waals surface area (Å²) < 4.78 is 0. The standard InChI is InChI=1S/C7H15N5/c1-4-12(5-2)6(3)7-8-10-11-9-7/h6H,4-5H2,1-3H3,(H,8,9,10,11). The minimum atomic E-state index is 0.249. The van der Waals surface area contributed by atoms with Crippen LogP contribution in [0.4, 0.5) is 0 Å². The maximum absolute atomic E-state index is 3.94. The van der Waals surface area contributed by atoms with Crippen molar-refractivity contribution in [3.05, 3.63) is 5.82 Å². The topological polar surface area (TPSA) is 57.7 Å². The Morgan fingerprint density at radius 3 is 2.50 bits per heavy atom. The van der Waals surface area contributed by atoms with Crippen molar-refractivity contribution >= 4 is 0 Å². The van der Waals surface area contributed by atoms with E-state index in [9.17, 15) is 0 Å². The molecular formula is C7H15N5. The molecule has 0 aliphatic heterocycles. The second-order valence-electron chi connectivity index (χ2n) is 2.67. The minimum absolute atomic E-state index is 0.249. The Kier molecular flexibility index (Phi) is 3.16. The summed E-state index contributed by atoms with van der Waals surface area (Å²) in [6, 6.07) is 0.249. The highest BCUT2D eigenvalue weighted by Gasteiger charge is 2.15. The third-order valence-corrected chi connectivity index (χ3v) is 2.10. The molecule has 12 heavy (non-hydrogen) atoms. The average Bonchev–Trinajstić information content (AvgIpc) is 2.58. The summed E-state index contributed by atoms with van der Waals surface area (Å²) in [6.45, 7) is 8.34. The summed E-state index contributed by atoms with van der Waals surface area (Å²) in [4.78, 5) is 2.27. The fourth-order valence-electron chi connectivity index (χ4n) is 1.28. The molecule has 1 rings (SSSR count). The molecule has 5 heteroatoms. The number of rotatable bonds is 4. The summed E-state index contributed by atoms with van der Waals surface area (Å²) in [5, 5.41) is 13.9. The van der Waals surface area contributed by atoms with Crippen LogP contribution in [0, 0.1) is 0 Å². The van der Waals surface area contributed by atoms with Crippen LogP contribution in [0.3, 0.4) is 0 Å². The van der Waals surface area contributed by atoms with E-state index >= 15 is 0 Å². The lowest BCUT2D eigenvalue weighted by Crippen LogP contribution is -2.27. The Bertz CT molecular complexity index is 204. The van der Waals surface area contributed by atoms with E-state index in [0.29, 0.717) is 0 Å². The quantitative estimate of drug-likeness (QED) is 0.717. The van der Waals surface area contributed by atoms with E-state index in [1.165, 1.54) is 0 Å². The van der Waals surface area contributed by atoms with Gasteiger partial charge in [-0.15, -0.1) is 10.2 Å². The predicted molar refractivity (Wildman–Crippen MR) is 45.5 cm³/mol. The van der Waals surface area contributed by atoms with Crippen LogP contribution in [0.15, 0.2) is 0 Å². The van der Waals surface area contributed by atoms with Crippen LogP contribution in [-0.4, -0.2) is 38.6 Å². The molecule has 5 nitrogen and oxygen atoms in total. The molecule has 0 aliphatic rings. The van der Waals surface area contributed by atoms with Gasteiger partial charge in [0.1, 0.15) is 0 Å². The van der Waals surface area contributed by atoms with E-state index in [0.717, 1.165) is 18.9 Å². The van der Waals surface area contributed by atoms with Crippen LogP contribution in [0.1, 0.15) is 32.6 Å². The highest BCUT2D eigenvalue weighted by atomic mass is 15.5. The van der Waals surface area contributed by atoms with Crippen LogP contribution >= 0.6 is 0 Å². The van der Waals surface area contributed by atoms with Crippen LogP contribution < -0.4 is 0 Å². The van der Waals surface area contributed by atoms with Crippen LogP contribution in [-0.2, 0) is 0 Å². The number of nitrogens with zero attached hydrogens (tertiary/aromatic N) is 4. The maximum Gasteiger partial charge on any atom is 0.191 e. The van der Waals surface area contributed by atoms with Crippen molar-refractivity contribution in [1.29, 1.82) is 0 Å². The molecular weight excluding hydrogens is 154 g/mol. The van der Waals surface area contributed by atoms with Crippen molar-refractivity contribution in [2.24, 2.45) is 0 Å². The summed E-state index contributed by atoms with van der Waals surface area (Å²) in [5.41, 5.74) is 0. The number of hydrogen-bond donors (Lipinski definition) is 1. The van der Waals surface area contributed by atoms with E-state index < -0.39 is 0 Å². The van der Waals surface area contributed by atoms with Crippen molar-refractivity contribution < 1.29 is 0 Å². The molecule has 0 spiro atoms. The van der Waals surface area contributed by atoms with Gasteiger partial charge in [-0.2, -0.15) is 5.21 Å². The first-order valence-electron chi connectivity index (χ1n) is 4.27. The number of hydrogen-bond acceptors (Lipinski definition) is 4. The number of nitrogens with one attached hydrogen (secondary N) is 1. The molecule has 0 bridgehead atoms. The fraction of sp³-hybridized carbons (Fsp3) is 0.857. The largest absolute Gasteiger partial charge is 0.294 e. The normalized spacial score (nSPS) is 13.7. The lowest BCUT2D eigenvalue weighted by molar-refractivity contribution is 0.226. The summed E-state index contributed by atoms with van der Waals surface area (Å²) in [5.74, 6) is 0.763. The van der Waals surface area contributed by atoms with Gasteiger partial charge in [0.15, 0.2) is 5.82 Å². The van der Waals surface area contributed by atoms with E-state index in [1.54, 1.807) is 0 Å². The van der Waals surface area contributed by atoms with Gasteiger partial charge in [-0.3, -0.25) is 4.90 Å². The SMILES string of the molecule is CCN(CC)C(C)c1nn[nH]n1. The fourth-order valence-corrected chi connectivity index (χ4v) is 1.28. The molecule has 1 heterocycles. The Morgan fingerprint density at radius 2 is 2.08 bits per heavy atom. The Labute approximate surface area is 72.2 Å². The smallest absolute Gasteiger partial charge is 0.191 e. The lowest BCUT2D eigenvalue weighted by Gasteiger charge is -2.23. The van der Waals surface area contributed by atoms with Crippen molar-refractivity contribution in [2.45, 2.75) is 26.8 Å².